The van der Waals surface area contributed by atoms with Crippen molar-refractivity contribution in [2.45, 2.75) is 26.4 Å². The molecule has 1 aromatic heterocycles. The molecule has 12 heavy (non-hydrogen) atoms. The fraction of sp³-hybridized carbons (Fsp3) is 0.444. The van der Waals surface area contributed by atoms with Crippen molar-refractivity contribution in [2.24, 2.45) is 0 Å². The average molecular weight is 186 g/mol. The Morgan fingerprint density at radius 1 is 1.42 bits per heavy atom. The van der Waals surface area contributed by atoms with Gasteiger partial charge in [-0.25, -0.2) is 0 Å². The molecule has 0 aliphatic rings. The van der Waals surface area contributed by atoms with Gasteiger partial charge in [0.15, 0.2) is 0 Å². The highest BCUT2D eigenvalue weighted by molar-refractivity contribution is 6.31. The van der Waals surface area contributed by atoms with E-state index in [4.69, 9.17) is 11.6 Å². The minimum atomic E-state index is -0.969. The van der Waals surface area contributed by atoms with Crippen LogP contribution in [0.15, 0.2) is 12.1 Å². The summed E-state index contributed by atoms with van der Waals surface area (Å²) in [5, 5.41) is 10.2. The lowest BCUT2D eigenvalue weighted by Gasteiger charge is -2.18. The van der Waals surface area contributed by atoms with Crippen LogP contribution in [0, 0.1) is 6.92 Å². The summed E-state index contributed by atoms with van der Waals surface area (Å²) >= 11 is 5.86. The molecule has 66 valence electrons. The van der Waals surface area contributed by atoms with Crippen molar-refractivity contribution in [2.75, 3.05) is 0 Å². The molecule has 0 unspecified atom stereocenters. The molecule has 0 fully saturated rings. The summed E-state index contributed by atoms with van der Waals surface area (Å²) < 4.78 is 0. The Morgan fingerprint density at radius 2 is 2.00 bits per heavy atom. The molecule has 0 saturated carbocycles. The Morgan fingerprint density at radius 3 is 2.42 bits per heavy atom. The minimum absolute atomic E-state index is 0.508. The number of aromatic nitrogens is 1. The second kappa shape index (κ2) is 3.04. The molecule has 3 heteroatoms. The molecule has 0 amide bonds. The molecule has 0 aliphatic carbocycles. The summed E-state index contributed by atoms with van der Waals surface area (Å²) in [6, 6.07) is 3.56. The monoisotopic (exact) mass is 185 g/mol. The highest BCUT2D eigenvalue weighted by Crippen LogP contribution is 2.25. The van der Waals surface area contributed by atoms with Crippen LogP contribution in [0.5, 0.6) is 0 Å². The number of aryl methyl sites for hydroxylation is 1. The van der Waals surface area contributed by atoms with Crippen LogP contribution in [0.3, 0.4) is 0 Å². The van der Waals surface area contributed by atoms with E-state index in [2.05, 4.69) is 4.98 Å². The lowest BCUT2D eigenvalue weighted by molar-refractivity contribution is 0.0738. The van der Waals surface area contributed by atoms with Gasteiger partial charge in [0.2, 0.25) is 0 Å². The summed E-state index contributed by atoms with van der Waals surface area (Å²) in [5.74, 6) is 0. The van der Waals surface area contributed by atoms with Crippen LogP contribution in [0.2, 0.25) is 5.02 Å². The quantitative estimate of drug-likeness (QED) is 0.728. The summed E-state index contributed by atoms with van der Waals surface area (Å²) in [7, 11) is 0. The Bertz CT molecular complexity index is 291. The van der Waals surface area contributed by atoms with Gasteiger partial charge in [-0.1, -0.05) is 11.6 Å². The lowest BCUT2D eigenvalue weighted by atomic mass is 10.0. The second-order valence-corrected chi connectivity index (χ2v) is 3.75. The van der Waals surface area contributed by atoms with E-state index in [9.17, 15) is 5.11 Å². The molecule has 1 heterocycles. The van der Waals surface area contributed by atoms with Gasteiger partial charge in [0.05, 0.1) is 10.7 Å². The number of halogens is 1. The van der Waals surface area contributed by atoms with E-state index in [0.29, 0.717) is 10.7 Å². The summed E-state index contributed by atoms with van der Waals surface area (Å²) in [4.78, 5) is 4.16. The largest absolute Gasteiger partial charge is 0.384 e. The molecule has 0 spiro atoms. The topological polar surface area (TPSA) is 33.1 Å². The van der Waals surface area contributed by atoms with Crippen LogP contribution in [0.1, 0.15) is 25.2 Å². The van der Waals surface area contributed by atoms with E-state index in [1.54, 1.807) is 19.9 Å². The minimum Gasteiger partial charge on any atom is -0.384 e. The SMILES string of the molecule is Cc1ccc(Cl)c(C(C)(C)O)n1. The maximum atomic E-state index is 9.65. The molecule has 1 N–H and O–H groups in total. The third-order valence-electron chi connectivity index (χ3n) is 1.56. The summed E-state index contributed by atoms with van der Waals surface area (Å²) in [6.45, 7) is 5.20. The first-order valence-electron chi connectivity index (χ1n) is 3.77. The Balaban J connectivity index is 3.23. The van der Waals surface area contributed by atoms with Crippen molar-refractivity contribution in [1.82, 2.24) is 4.98 Å². The van der Waals surface area contributed by atoms with Crippen molar-refractivity contribution in [3.8, 4) is 0 Å². The van der Waals surface area contributed by atoms with Gasteiger partial charge in [-0.3, -0.25) is 4.98 Å². The van der Waals surface area contributed by atoms with E-state index in [0.717, 1.165) is 5.69 Å². The first kappa shape index (κ1) is 9.49. The van der Waals surface area contributed by atoms with Crippen LogP contribution in [-0.4, -0.2) is 10.1 Å². The van der Waals surface area contributed by atoms with Gasteiger partial charge >= 0.3 is 0 Å². The normalized spacial score (nSPS) is 11.8. The predicted octanol–water partition coefficient (Wildman–Crippen LogP) is 2.27. The second-order valence-electron chi connectivity index (χ2n) is 3.34. The molecule has 0 aliphatic heterocycles. The Hall–Kier alpha value is -0.600. The van der Waals surface area contributed by atoms with Gasteiger partial charge in [0.25, 0.3) is 0 Å². The fourth-order valence-corrected chi connectivity index (χ4v) is 1.31. The number of pyridine rings is 1. The van der Waals surface area contributed by atoms with Crippen molar-refractivity contribution in [1.29, 1.82) is 0 Å². The molecule has 0 atom stereocenters. The lowest BCUT2D eigenvalue weighted by Crippen LogP contribution is -2.18. The fourth-order valence-electron chi connectivity index (χ4n) is 0.969. The van der Waals surface area contributed by atoms with E-state index in [-0.39, 0.29) is 0 Å². The van der Waals surface area contributed by atoms with Gasteiger partial charge in [-0.15, -0.1) is 0 Å². The molecule has 2 nitrogen and oxygen atoms in total. The summed E-state index contributed by atoms with van der Waals surface area (Å²) in [5.41, 5.74) is 0.420. The maximum Gasteiger partial charge on any atom is 0.102 e. The van der Waals surface area contributed by atoms with Crippen molar-refractivity contribution in [3.05, 3.63) is 28.5 Å². The van der Waals surface area contributed by atoms with Crippen LogP contribution >= 0.6 is 11.6 Å². The van der Waals surface area contributed by atoms with Gasteiger partial charge in [0.1, 0.15) is 5.60 Å². The van der Waals surface area contributed by atoms with Crippen LogP contribution in [0.4, 0.5) is 0 Å². The first-order valence-corrected chi connectivity index (χ1v) is 4.15. The van der Waals surface area contributed by atoms with Crippen LogP contribution in [-0.2, 0) is 5.60 Å². The number of rotatable bonds is 1. The molecule has 0 radical (unpaired) electrons. The maximum absolute atomic E-state index is 9.65. The number of hydrogen-bond donors (Lipinski definition) is 1. The first-order chi connectivity index (χ1) is 5.41. The zero-order valence-corrected chi connectivity index (χ0v) is 8.18. The molecule has 1 aromatic rings. The van der Waals surface area contributed by atoms with Gasteiger partial charge in [-0.2, -0.15) is 0 Å². The number of hydrogen-bond acceptors (Lipinski definition) is 2. The van der Waals surface area contributed by atoms with Crippen LogP contribution < -0.4 is 0 Å². The zero-order valence-electron chi connectivity index (χ0n) is 7.43. The van der Waals surface area contributed by atoms with E-state index in [1.165, 1.54) is 0 Å². The van der Waals surface area contributed by atoms with Crippen LogP contribution in [0.25, 0.3) is 0 Å². The standard InChI is InChI=1S/C9H12ClNO/c1-6-4-5-7(10)8(11-6)9(2,3)12/h4-5,12H,1-3H3. The molecule has 0 aromatic carbocycles. The van der Waals surface area contributed by atoms with Gasteiger partial charge < -0.3 is 5.11 Å². The Labute approximate surface area is 77.2 Å². The smallest absolute Gasteiger partial charge is 0.102 e. The summed E-state index contributed by atoms with van der Waals surface area (Å²) in [6.07, 6.45) is 0. The van der Waals surface area contributed by atoms with E-state index in [1.807, 2.05) is 13.0 Å². The van der Waals surface area contributed by atoms with Gasteiger partial charge in [0, 0.05) is 5.69 Å². The van der Waals surface area contributed by atoms with Crippen molar-refractivity contribution in [3.63, 3.8) is 0 Å². The van der Waals surface area contributed by atoms with Crippen molar-refractivity contribution >= 4 is 11.6 Å². The molecule has 1 rings (SSSR count). The highest BCUT2D eigenvalue weighted by atomic mass is 35.5. The number of nitrogens with zero attached hydrogens (tertiary/aromatic N) is 1. The van der Waals surface area contributed by atoms with Crippen molar-refractivity contribution < 1.29 is 5.11 Å². The predicted molar refractivity (Wildman–Crippen MR) is 49.2 cm³/mol. The highest BCUT2D eigenvalue weighted by Gasteiger charge is 2.20. The molecular formula is C9H12ClNO. The van der Waals surface area contributed by atoms with Gasteiger partial charge in [-0.05, 0) is 32.9 Å². The zero-order chi connectivity index (χ0) is 9.35. The van der Waals surface area contributed by atoms with E-state index < -0.39 is 5.60 Å². The molecular weight excluding hydrogens is 174 g/mol. The Kier molecular flexibility index (Phi) is 2.40. The third-order valence-corrected chi connectivity index (χ3v) is 1.87. The average Bonchev–Trinajstić information content (AvgIpc) is 1.92. The molecule has 0 saturated heterocycles. The molecule has 0 bridgehead atoms. The van der Waals surface area contributed by atoms with E-state index >= 15 is 0 Å². The third kappa shape index (κ3) is 1.96. The number of aliphatic hydroxyl groups is 1.